The van der Waals surface area contributed by atoms with Gasteiger partial charge in [-0.1, -0.05) is 6.07 Å². The van der Waals surface area contributed by atoms with E-state index in [1.807, 2.05) is 19.1 Å². The average molecular weight is 399 g/mol. The van der Waals surface area contributed by atoms with Crippen molar-refractivity contribution in [1.29, 1.82) is 0 Å². The Morgan fingerprint density at radius 3 is 2.77 bits per heavy atom. The molecule has 0 saturated carbocycles. The number of rotatable bonds is 3. The number of phenols is 1. The number of anilines is 1. The Morgan fingerprint density at radius 1 is 1.07 bits per heavy atom. The zero-order chi connectivity index (χ0) is 20.8. The van der Waals surface area contributed by atoms with Crippen molar-refractivity contribution in [2.75, 3.05) is 5.73 Å². The molecule has 1 aromatic carbocycles. The summed E-state index contributed by atoms with van der Waals surface area (Å²) in [6.07, 6.45) is 3.06. The Morgan fingerprint density at radius 2 is 1.93 bits per heavy atom. The highest BCUT2D eigenvalue weighted by Gasteiger charge is 2.18. The van der Waals surface area contributed by atoms with Gasteiger partial charge >= 0.3 is 0 Å². The normalized spacial score (nSPS) is 11.3. The van der Waals surface area contributed by atoms with Gasteiger partial charge in [-0.15, -0.1) is 0 Å². The first-order valence-corrected chi connectivity index (χ1v) is 9.20. The van der Waals surface area contributed by atoms with Crippen LogP contribution in [0.4, 0.5) is 5.82 Å². The van der Waals surface area contributed by atoms with Gasteiger partial charge in [0.25, 0.3) is 0 Å². The predicted octanol–water partition coefficient (Wildman–Crippen LogP) is 3.66. The summed E-state index contributed by atoms with van der Waals surface area (Å²) in [5, 5.41) is 10.6. The summed E-state index contributed by atoms with van der Waals surface area (Å²) in [7, 11) is 0. The van der Waals surface area contributed by atoms with Crippen LogP contribution in [-0.2, 0) is 0 Å². The van der Waals surface area contributed by atoms with E-state index in [0.29, 0.717) is 39.4 Å². The van der Waals surface area contributed by atoms with Gasteiger partial charge in [-0.25, -0.2) is 24.9 Å². The number of aromatic nitrogens is 6. The third-order valence-corrected chi connectivity index (χ3v) is 4.89. The molecule has 9 nitrogen and oxygen atoms in total. The second-order valence-corrected chi connectivity index (χ2v) is 6.88. The lowest BCUT2D eigenvalue weighted by Crippen LogP contribution is -2.01. The number of hydrogen-bond acceptors (Lipinski definition) is 8. The maximum Gasteiger partial charge on any atom is 0.233 e. The molecule has 0 aliphatic heterocycles. The largest absolute Gasteiger partial charge is 0.508 e. The molecule has 5 aromatic rings. The van der Waals surface area contributed by atoms with E-state index >= 15 is 0 Å². The monoisotopic (exact) mass is 399 g/mol. The highest BCUT2D eigenvalue weighted by Crippen LogP contribution is 2.38. The second kappa shape index (κ2) is 6.66. The molecule has 5 rings (SSSR count). The van der Waals surface area contributed by atoms with E-state index in [1.54, 1.807) is 31.3 Å². The van der Waals surface area contributed by atoms with Crippen LogP contribution in [0.3, 0.4) is 0 Å². The van der Waals surface area contributed by atoms with Crippen molar-refractivity contribution in [1.82, 2.24) is 29.9 Å². The van der Waals surface area contributed by atoms with Crippen LogP contribution in [-0.4, -0.2) is 35.0 Å². The molecule has 0 aliphatic rings. The summed E-state index contributed by atoms with van der Waals surface area (Å²) < 4.78 is 6.16. The Bertz CT molecular complexity index is 1400. The fraction of sp³-hybridized carbons (Fsp3) is 0.0952. The van der Waals surface area contributed by atoms with Crippen molar-refractivity contribution in [2.45, 2.75) is 13.8 Å². The van der Waals surface area contributed by atoms with Crippen LogP contribution >= 0.6 is 0 Å². The van der Waals surface area contributed by atoms with Crippen molar-refractivity contribution in [2.24, 2.45) is 0 Å². The van der Waals surface area contributed by atoms with Crippen LogP contribution < -0.4 is 10.5 Å². The zero-order valence-electron chi connectivity index (χ0n) is 16.2. The molecule has 148 valence electrons. The van der Waals surface area contributed by atoms with Gasteiger partial charge in [-0.05, 0) is 43.7 Å². The lowest BCUT2D eigenvalue weighted by molar-refractivity contribution is 0.440. The van der Waals surface area contributed by atoms with E-state index in [4.69, 9.17) is 10.5 Å². The van der Waals surface area contributed by atoms with Gasteiger partial charge in [0.2, 0.25) is 5.88 Å². The minimum absolute atomic E-state index is 0.128. The highest BCUT2D eigenvalue weighted by atomic mass is 16.5. The lowest BCUT2D eigenvalue weighted by atomic mass is 10.1. The fourth-order valence-corrected chi connectivity index (χ4v) is 3.30. The molecule has 0 unspecified atom stereocenters. The SMILES string of the molecule is Cc1ccc(O)c(C)c1Oc1nc(-c2nc3ncccc3[nH]2)cc2ncnc(N)c12. The van der Waals surface area contributed by atoms with Gasteiger partial charge < -0.3 is 20.6 Å². The van der Waals surface area contributed by atoms with Crippen LogP contribution in [0, 0.1) is 13.8 Å². The number of aryl methyl sites for hydroxylation is 1. The molecule has 0 fully saturated rings. The first-order valence-electron chi connectivity index (χ1n) is 9.20. The standard InChI is InChI=1S/C21H17N7O2/c1-10-5-6-15(29)11(2)17(10)30-21-16-13(24-9-25-18(16)22)8-14(27-21)20-26-12-4-3-7-23-19(12)28-20/h3-9,29H,1-2H3,(H2,22,24,25)(H,23,26,28). The number of imidazole rings is 1. The summed E-state index contributed by atoms with van der Waals surface area (Å²) in [5.74, 6) is 1.62. The maximum absolute atomic E-state index is 10.1. The molecule has 0 saturated heterocycles. The van der Waals surface area contributed by atoms with Crippen molar-refractivity contribution in [3.63, 3.8) is 0 Å². The highest BCUT2D eigenvalue weighted by molar-refractivity contribution is 5.94. The molecule has 4 heterocycles. The Hall–Kier alpha value is -4.27. The minimum atomic E-state index is 0.128. The molecule has 9 heteroatoms. The summed E-state index contributed by atoms with van der Waals surface area (Å²) in [6, 6.07) is 8.87. The van der Waals surface area contributed by atoms with Gasteiger partial charge in [0.1, 0.15) is 34.7 Å². The van der Waals surface area contributed by atoms with Crippen LogP contribution in [0.1, 0.15) is 11.1 Å². The summed E-state index contributed by atoms with van der Waals surface area (Å²) >= 11 is 0. The molecule has 4 N–H and O–H groups in total. The summed E-state index contributed by atoms with van der Waals surface area (Å²) in [6.45, 7) is 3.66. The number of nitrogen functional groups attached to an aromatic ring is 1. The van der Waals surface area contributed by atoms with E-state index in [9.17, 15) is 5.11 Å². The number of H-pyrrole nitrogens is 1. The van der Waals surface area contributed by atoms with Crippen LogP contribution in [0.15, 0.2) is 42.9 Å². The van der Waals surface area contributed by atoms with Gasteiger partial charge in [0, 0.05) is 11.8 Å². The first kappa shape index (κ1) is 17.8. The minimum Gasteiger partial charge on any atom is -0.508 e. The molecule has 0 bridgehead atoms. The van der Waals surface area contributed by atoms with Gasteiger partial charge in [0.05, 0.1) is 11.0 Å². The molecule has 30 heavy (non-hydrogen) atoms. The molecule has 0 atom stereocenters. The predicted molar refractivity (Wildman–Crippen MR) is 112 cm³/mol. The smallest absolute Gasteiger partial charge is 0.233 e. The number of nitrogens with zero attached hydrogens (tertiary/aromatic N) is 5. The van der Waals surface area contributed by atoms with Gasteiger partial charge in [-0.3, -0.25) is 0 Å². The van der Waals surface area contributed by atoms with E-state index in [-0.39, 0.29) is 17.4 Å². The molecule has 0 spiro atoms. The summed E-state index contributed by atoms with van der Waals surface area (Å²) in [5.41, 5.74) is 10.0. The number of phenolic OH excluding ortho intramolecular Hbond substituents is 1. The molecule has 0 radical (unpaired) electrons. The summed E-state index contributed by atoms with van der Waals surface area (Å²) in [4.78, 5) is 25.0. The number of hydrogen-bond donors (Lipinski definition) is 3. The first-order chi connectivity index (χ1) is 14.5. The second-order valence-electron chi connectivity index (χ2n) is 6.88. The number of nitrogens with two attached hydrogens (primary N) is 1. The topological polar surface area (TPSA) is 136 Å². The number of ether oxygens (including phenoxy) is 1. The van der Waals surface area contributed by atoms with Crippen molar-refractivity contribution in [3.8, 4) is 28.9 Å². The number of aromatic amines is 1. The van der Waals surface area contributed by atoms with E-state index in [2.05, 4.69) is 29.9 Å². The Balaban J connectivity index is 1.73. The van der Waals surface area contributed by atoms with Crippen molar-refractivity contribution >= 4 is 27.9 Å². The lowest BCUT2D eigenvalue weighted by Gasteiger charge is -2.14. The molecular weight excluding hydrogens is 382 g/mol. The molecule has 0 aliphatic carbocycles. The van der Waals surface area contributed by atoms with Crippen molar-refractivity contribution < 1.29 is 9.84 Å². The number of fused-ring (bicyclic) bond motifs is 2. The molecular formula is C21H17N7O2. The van der Waals surface area contributed by atoms with Crippen LogP contribution in [0.5, 0.6) is 17.4 Å². The van der Waals surface area contributed by atoms with Crippen LogP contribution in [0.25, 0.3) is 33.6 Å². The number of benzene rings is 1. The number of pyridine rings is 2. The fourth-order valence-electron chi connectivity index (χ4n) is 3.30. The Labute approximate surface area is 170 Å². The maximum atomic E-state index is 10.1. The van der Waals surface area contributed by atoms with Gasteiger partial charge in [0.15, 0.2) is 11.5 Å². The third kappa shape index (κ3) is 2.84. The zero-order valence-corrected chi connectivity index (χ0v) is 16.2. The van der Waals surface area contributed by atoms with Crippen molar-refractivity contribution in [3.05, 3.63) is 54.0 Å². The number of aromatic hydroxyl groups is 1. The third-order valence-electron chi connectivity index (χ3n) is 4.89. The van der Waals surface area contributed by atoms with E-state index in [1.165, 1.54) is 6.33 Å². The van der Waals surface area contributed by atoms with E-state index in [0.717, 1.165) is 11.1 Å². The van der Waals surface area contributed by atoms with Gasteiger partial charge in [-0.2, -0.15) is 0 Å². The van der Waals surface area contributed by atoms with E-state index < -0.39 is 0 Å². The number of nitrogens with one attached hydrogen (secondary N) is 1. The quantitative estimate of drug-likeness (QED) is 0.418. The average Bonchev–Trinajstić information content (AvgIpc) is 3.18. The van der Waals surface area contributed by atoms with Crippen LogP contribution in [0.2, 0.25) is 0 Å². The molecule has 4 aromatic heterocycles. The molecule has 0 amide bonds. The Kier molecular flexibility index (Phi) is 3.95.